The Kier molecular flexibility index (Phi) is 6.59. The Balaban J connectivity index is 2.02. The first-order chi connectivity index (χ1) is 12.6. The molecule has 0 unspecified atom stereocenters. The number of amides is 1. The van der Waals surface area contributed by atoms with Gasteiger partial charge in [-0.05, 0) is 34.7 Å². The normalized spacial score (nSPS) is 11.9. The number of aromatic nitrogens is 1. The smallest absolute Gasteiger partial charge is 0.232 e. The number of benzene rings is 1. The van der Waals surface area contributed by atoms with Crippen LogP contribution in [0.3, 0.4) is 0 Å². The van der Waals surface area contributed by atoms with Crippen LogP contribution in [0.1, 0.15) is 38.3 Å². The molecule has 6 nitrogen and oxygen atoms in total. The van der Waals surface area contributed by atoms with Crippen LogP contribution in [0.5, 0.6) is 0 Å². The third-order valence-corrected chi connectivity index (χ3v) is 5.37. The van der Waals surface area contributed by atoms with Gasteiger partial charge in [0.2, 0.25) is 15.9 Å². The molecule has 0 radical (unpaired) electrons. The summed E-state index contributed by atoms with van der Waals surface area (Å²) < 4.78 is 25.7. The van der Waals surface area contributed by atoms with Crippen LogP contribution in [0.4, 0.5) is 5.69 Å². The molecular formula is C20H27N3O3S. The van der Waals surface area contributed by atoms with E-state index in [2.05, 4.69) is 31.1 Å². The van der Waals surface area contributed by atoms with Gasteiger partial charge in [0.05, 0.1) is 11.9 Å². The first kappa shape index (κ1) is 20.9. The lowest BCUT2D eigenvalue weighted by molar-refractivity contribution is -0.121. The fourth-order valence-corrected chi connectivity index (χ4v) is 3.54. The average Bonchev–Trinajstić information content (AvgIpc) is 2.59. The van der Waals surface area contributed by atoms with Gasteiger partial charge >= 0.3 is 0 Å². The predicted octanol–water partition coefficient (Wildman–Crippen LogP) is 2.85. The quantitative estimate of drug-likeness (QED) is 0.790. The highest BCUT2D eigenvalue weighted by Crippen LogP contribution is 2.26. The van der Waals surface area contributed by atoms with Crippen LogP contribution in [0.2, 0.25) is 0 Å². The molecule has 1 aromatic carbocycles. The molecule has 1 N–H and O–H groups in total. The summed E-state index contributed by atoms with van der Waals surface area (Å²) in [7, 11) is -3.49. The van der Waals surface area contributed by atoms with Gasteiger partial charge in [-0.2, -0.15) is 0 Å². The van der Waals surface area contributed by atoms with Crippen molar-refractivity contribution in [2.45, 2.75) is 39.2 Å². The molecule has 7 heteroatoms. The number of sulfonamides is 1. The number of anilines is 1. The minimum atomic E-state index is -3.49. The number of hydrogen-bond donors (Lipinski definition) is 1. The van der Waals surface area contributed by atoms with Crippen molar-refractivity contribution in [1.29, 1.82) is 0 Å². The van der Waals surface area contributed by atoms with E-state index in [0.717, 1.165) is 17.4 Å². The maximum Gasteiger partial charge on any atom is 0.232 e. The Morgan fingerprint density at radius 2 is 1.81 bits per heavy atom. The van der Waals surface area contributed by atoms with Gasteiger partial charge in [0.15, 0.2) is 0 Å². The fourth-order valence-electron chi connectivity index (χ4n) is 2.61. The van der Waals surface area contributed by atoms with Crippen molar-refractivity contribution >= 4 is 21.6 Å². The Bertz CT molecular complexity index is 858. The lowest BCUT2D eigenvalue weighted by Crippen LogP contribution is -2.34. The standard InChI is InChI=1S/C20H27N3O3S/c1-20(2,3)17-7-9-18(10-8-17)23(27(4,25)26)13-11-19(24)22-15-16-6-5-12-21-14-16/h5-10,12,14H,11,13,15H2,1-4H3,(H,22,24). The molecule has 1 amide bonds. The zero-order valence-corrected chi connectivity index (χ0v) is 17.1. The highest BCUT2D eigenvalue weighted by molar-refractivity contribution is 7.92. The van der Waals surface area contributed by atoms with E-state index in [-0.39, 0.29) is 24.3 Å². The summed E-state index contributed by atoms with van der Waals surface area (Å²) in [5.41, 5.74) is 2.56. The van der Waals surface area contributed by atoms with Crippen LogP contribution in [0.15, 0.2) is 48.8 Å². The summed E-state index contributed by atoms with van der Waals surface area (Å²) in [4.78, 5) is 16.1. The van der Waals surface area contributed by atoms with Crippen LogP contribution in [0, 0.1) is 0 Å². The van der Waals surface area contributed by atoms with Crippen molar-refractivity contribution in [1.82, 2.24) is 10.3 Å². The third kappa shape index (κ3) is 6.36. The molecule has 0 saturated heterocycles. The van der Waals surface area contributed by atoms with Gasteiger partial charge in [-0.15, -0.1) is 0 Å². The number of pyridine rings is 1. The number of hydrogen-bond acceptors (Lipinski definition) is 4. The van der Waals surface area contributed by atoms with Crippen molar-refractivity contribution in [3.63, 3.8) is 0 Å². The van der Waals surface area contributed by atoms with Crippen molar-refractivity contribution in [2.24, 2.45) is 0 Å². The van der Waals surface area contributed by atoms with Crippen molar-refractivity contribution < 1.29 is 13.2 Å². The number of rotatable bonds is 7. The molecular weight excluding hydrogens is 362 g/mol. The van der Waals surface area contributed by atoms with Gasteiger partial charge in [0, 0.05) is 31.9 Å². The first-order valence-corrected chi connectivity index (χ1v) is 10.7. The van der Waals surface area contributed by atoms with Crippen LogP contribution in [-0.4, -0.2) is 32.1 Å². The minimum absolute atomic E-state index is 0.0133. The van der Waals surface area contributed by atoms with Crippen molar-refractivity contribution in [2.75, 3.05) is 17.1 Å². The molecule has 0 aliphatic carbocycles. The summed E-state index contributed by atoms with van der Waals surface area (Å²) in [6.07, 6.45) is 4.58. The van der Waals surface area contributed by atoms with Crippen LogP contribution < -0.4 is 9.62 Å². The largest absolute Gasteiger partial charge is 0.352 e. The molecule has 146 valence electrons. The summed E-state index contributed by atoms with van der Waals surface area (Å²) in [5.74, 6) is -0.209. The van der Waals surface area contributed by atoms with Gasteiger partial charge < -0.3 is 5.32 Å². The second kappa shape index (κ2) is 8.52. The second-order valence-electron chi connectivity index (χ2n) is 7.52. The molecule has 2 aromatic rings. The van der Waals surface area contributed by atoms with E-state index in [1.165, 1.54) is 4.31 Å². The van der Waals surface area contributed by atoms with Gasteiger partial charge in [-0.3, -0.25) is 14.1 Å². The molecule has 0 bridgehead atoms. The molecule has 0 fully saturated rings. The first-order valence-electron chi connectivity index (χ1n) is 8.81. The maximum absolute atomic E-state index is 12.2. The Hall–Kier alpha value is -2.41. The molecule has 2 rings (SSSR count). The number of nitrogens with zero attached hydrogens (tertiary/aromatic N) is 2. The van der Waals surface area contributed by atoms with Crippen LogP contribution in [-0.2, 0) is 26.8 Å². The fraction of sp³-hybridized carbons (Fsp3) is 0.400. The predicted molar refractivity (Wildman–Crippen MR) is 108 cm³/mol. The van der Waals surface area contributed by atoms with E-state index in [1.807, 2.05) is 18.2 Å². The zero-order chi connectivity index (χ0) is 20.1. The lowest BCUT2D eigenvalue weighted by Gasteiger charge is -2.24. The summed E-state index contributed by atoms with van der Waals surface area (Å²) >= 11 is 0. The van der Waals surface area contributed by atoms with Crippen molar-refractivity contribution in [3.8, 4) is 0 Å². The summed E-state index contributed by atoms with van der Waals surface area (Å²) in [6.45, 7) is 6.76. The SMILES string of the molecule is CC(C)(C)c1ccc(N(CCC(=O)NCc2cccnc2)S(C)(=O)=O)cc1. The summed E-state index contributed by atoms with van der Waals surface area (Å²) in [5, 5.41) is 2.79. The Labute approximate surface area is 161 Å². The topological polar surface area (TPSA) is 79.4 Å². The number of nitrogens with one attached hydrogen (secondary N) is 1. The molecule has 0 aliphatic heterocycles. The van der Waals surface area contributed by atoms with Gasteiger partial charge in [-0.25, -0.2) is 8.42 Å². The monoisotopic (exact) mass is 389 g/mol. The lowest BCUT2D eigenvalue weighted by atomic mass is 9.87. The Morgan fingerprint density at radius 1 is 1.15 bits per heavy atom. The number of carbonyl (C=O) groups is 1. The van der Waals surface area contributed by atoms with E-state index >= 15 is 0 Å². The number of carbonyl (C=O) groups excluding carboxylic acids is 1. The maximum atomic E-state index is 12.2. The zero-order valence-electron chi connectivity index (χ0n) is 16.3. The average molecular weight is 390 g/mol. The minimum Gasteiger partial charge on any atom is -0.352 e. The Morgan fingerprint density at radius 3 is 2.33 bits per heavy atom. The molecule has 0 atom stereocenters. The van der Waals surface area contributed by atoms with Gasteiger partial charge in [0.1, 0.15) is 0 Å². The van der Waals surface area contributed by atoms with E-state index in [1.54, 1.807) is 30.6 Å². The van der Waals surface area contributed by atoms with Gasteiger partial charge in [-0.1, -0.05) is 39.0 Å². The molecule has 1 aromatic heterocycles. The van der Waals surface area contributed by atoms with Crippen molar-refractivity contribution in [3.05, 3.63) is 59.9 Å². The highest BCUT2D eigenvalue weighted by atomic mass is 32.2. The third-order valence-electron chi connectivity index (χ3n) is 4.18. The van der Waals surface area contributed by atoms with E-state index in [4.69, 9.17) is 0 Å². The van der Waals surface area contributed by atoms with Crippen LogP contribution in [0.25, 0.3) is 0 Å². The van der Waals surface area contributed by atoms with Gasteiger partial charge in [0.25, 0.3) is 0 Å². The highest BCUT2D eigenvalue weighted by Gasteiger charge is 2.20. The van der Waals surface area contributed by atoms with E-state index in [9.17, 15) is 13.2 Å². The van der Waals surface area contributed by atoms with Crippen LogP contribution >= 0.6 is 0 Å². The second-order valence-corrected chi connectivity index (χ2v) is 9.43. The van der Waals surface area contributed by atoms with E-state index in [0.29, 0.717) is 12.2 Å². The van der Waals surface area contributed by atoms with E-state index < -0.39 is 10.0 Å². The molecule has 0 saturated carbocycles. The molecule has 0 spiro atoms. The summed E-state index contributed by atoms with van der Waals surface area (Å²) in [6, 6.07) is 11.1. The molecule has 0 aliphatic rings. The molecule has 1 heterocycles. The molecule has 27 heavy (non-hydrogen) atoms.